The van der Waals surface area contributed by atoms with E-state index >= 15 is 0 Å². The van der Waals surface area contributed by atoms with E-state index in [0.29, 0.717) is 40.4 Å². The fourth-order valence-electron chi connectivity index (χ4n) is 3.89. The van der Waals surface area contributed by atoms with E-state index in [1.165, 1.54) is 5.56 Å². The van der Waals surface area contributed by atoms with Crippen LogP contribution in [0, 0.1) is 19.8 Å². The van der Waals surface area contributed by atoms with Gasteiger partial charge in [0.1, 0.15) is 0 Å². The number of nitrogens with one attached hydrogen (secondary N) is 1. The van der Waals surface area contributed by atoms with E-state index in [1.807, 2.05) is 26.0 Å². The summed E-state index contributed by atoms with van der Waals surface area (Å²) in [5.41, 5.74) is 3.79. The van der Waals surface area contributed by atoms with Crippen molar-refractivity contribution in [2.45, 2.75) is 33.2 Å². The van der Waals surface area contributed by atoms with Crippen molar-refractivity contribution in [3.8, 4) is 11.4 Å². The van der Waals surface area contributed by atoms with Crippen LogP contribution >= 0.6 is 23.2 Å². The Bertz CT molecular complexity index is 1100. The van der Waals surface area contributed by atoms with E-state index < -0.39 is 0 Å². The van der Waals surface area contributed by atoms with Gasteiger partial charge in [-0.3, -0.25) is 9.69 Å². The van der Waals surface area contributed by atoms with Gasteiger partial charge in [-0.1, -0.05) is 46.1 Å². The number of rotatable bonds is 5. The molecule has 1 fully saturated rings. The van der Waals surface area contributed by atoms with Crippen LogP contribution in [0.5, 0.6) is 0 Å². The van der Waals surface area contributed by atoms with Crippen molar-refractivity contribution in [2.24, 2.45) is 5.92 Å². The van der Waals surface area contributed by atoms with Crippen LogP contribution in [0.3, 0.4) is 0 Å². The molecule has 0 saturated carbocycles. The quantitative estimate of drug-likeness (QED) is 0.545. The third kappa shape index (κ3) is 5.26. The molecule has 0 aliphatic carbocycles. The third-order valence-electron chi connectivity index (χ3n) is 5.52. The van der Waals surface area contributed by atoms with Gasteiger partial charge in [0.05, 0.1) is 17.5 Å². The summed E-state index contributed by atoms with van der Waals surface area (Å²) in [6, 6.07) is 11.2. The zero-order chi connectivity index (χ0) is 22.0. The molecule has 31 heavy (non-hydrogen) atoms. The lowest BCUT2D eigenvalue weighted by molar-refractivity contribution is -0.121. The van der Waals surface area contributed by atoms with E-state index in [4.69, 9.17) is 27.7 Å². The first-order valence-corrected chi connectivity index (χ1v) is 11.0. The summed E-state index contributed by atoms with van der Waals surface area (Å²) in [6.07, 6.45) is 1.80. The molecule has 1 atom stereocenters. The molecule has 1 N–H and O–H groups in total. The normalized spacial score (nSPS) is 17.0. The number of benzene rings is 2. The summed E-state index contributed by atoms with van der Waals surface area (Å²) in [6.45, 7) is 6.08. The summed E-state index contributed by atoms with van der Waals surface area (Å²) < 4.78 is 5.43. The average Bonchev–Trinajstić information content (AvgIpc) is 3.18. The Kier molecular flexibility index (Phi) is 6.60. The van der Waals surface area contributed by atoms with Gasteiger partial charge in [-0.15, -0.1) is 0 Å². The summed E-state index contributed by atoms with van der Waals surface area (Å²) in [7, 11) is 0. The van der Waals surface area contributed by atoms with Gasteiger partial charge in [-0.05, 0) is 63.1 Å². The largest absolute Gasteiger partial charge is 0.338 e. The second-order valence-corrected chi connectivity index (χ2v) is 8.86. The maximum atomic E-state index is 12.8. The van der Waals surface area contributed by atoms with Gasteiger partial charge in [0.15, 0.2) is 0 Å². The van der Waals surface area contributed by atoms with Gasteiger partial charge in [0.25, 0.3) is 0 Å². The molecule has 1 aliphatic heterocycles. The van der Waals surface area contributed by atoms with Crippen molar-refractivity contribution >= 4 is 34.8 Å². The molecule has 4 rings (SSSR count). The number of nitrogens with zero attached hydrogens (tertiary/aromatic N) is 3. The highest BCUT2D eigenvalue weighted by Gasteiger charge is 2.27. The molecule has 0 radical (unpaired) electrons. The van der Waals surface area contributed by atoms with E-state index in [-0.39, 0.29) is 11.8 Å². The smallest absolute Gasteiger partial charge is 0.241 e. The summed E-state index contributed by atoms with van der Waals surface area (Å²) in [4.78, 5) is 19.5. The maximum absolute atomic E-state index is 12.8. The highest BCUT2D eigenvalue weighted by molar-refractivity contribution is 6.36. The zero-order valence-electron chi connectivity index (χ0n) is 17.5. The number of amides is 1. The highest BCUT2D eigenvalue weighted by atomic mass is 35.5. The topological polar surface area (TPSA) is 71.3 Å². The number of hydrogen-bond donors (Lipinski definition) is 1. The van der Waals surface area contributed by atoms with Crippen molar-refractivity contribution in [3.63, 3.8) is 0 Å². The van der Waals surface area contributed by atoms with Crippen LogP contribution in [0.2, 0.25) is 10.0 Å². The molecule has 2 aromatic carbocycles. The monoisotopic (exact) mass is 458 g/mol. The minimum Gasteiger partial charge on any atom is -0.338 e. The molecule has 1 amide bonds. The van der Waals surface area contributed by atoms with E-state index in [9.17, 15) is 4.79 Å². The molecule has 0 bridgehead atoms. The van der Waals surface area contributed by atoms with Crippen molar-refractivity contribution < 1.29 is 9.32 Å². The van der Waals surface area contributed by atoms with E-state index in [1.54, 1.807) is 18.2 Å². The van der Waals surface area contributed by atoms with Crippen LogP contribution in [0.4, 0.5) is 5.69 Å². The number of likely N-dealkylation sites (tertiary alicyclic amines) is 1. The number of carbonyl (C=O) groups excluding carboxylic acids is 1. The Morgan fingerprint density at radius 1 is 1.23 bits per heavy atom. The molecule has 1 aromatic heterocycles. The van der Waals surface area contributed by atoms with Gasteiger partial charge in [0, 0.05) is 22.8 Å². The number of carbonyl (C=O) groups is 1. The Morgan fingerprint density at radius 2 is 2.06 bits per heavy atom. The van der Waals surface area contributed by atoms with Crippen molar-refractivity contribution in [1.82, 2.24) is 15.0 Å². The third-order valence-corrected chi connectivity index (χ3v) is 6.06. The number of halogens is 2. The van der Waals surface area contributed by atoms with Crippen LogP contribution in [0.1, 0.15) is 29.9 Å². The molecule has 1 unspecified atom stereocenters. The predicted molar refractivity (Wildman–Crippen MR) is 122 cm³/mol. The number of anilines is 1. The number of hydrogen-bond acceptors (Lipinski definition) is 5. The second kappa shape index (κ2) is 9.39. The second-order valence-electron chi connectivity index (χ2n) is 8.02. The molecule has 162 valence electrons. The first kappa shape index (κ1) is 21.8. The van der Waals surface area contributed by atoms with E-state index in [0.717, 1.165) is 30.6 Å². The first-order chi connectivity index (χ1) is 14.9. The molecular formula is C23H24Cl2N4O2. The SMILES string of the molecule is Cc1ccc(NC(=O)C2CCCN(Cc3nc(-c4ccc(Cl)cc4Cl)no3)C2)c(C)c1. The number of piperidine rings is 1. The molecule has 1 saturated heterocycles. The Morgan fingerprint density at radius 3 is 2.84 bits per heavy atom. The van der Waals surface area contributed by atoms with Crippen LogP contribution in [0.15, 0.2) is 40.9 Å². The fraction of sp³-hybridized carbons (Fsp3) is 0.348. The first-order valence-electron chi connectivity index (χ1n) is 10.3. The number of aromatic nitrogens is 2. The Hall–Kier alpha value is -2.41. The van der Waals surface area contributed by atoms with Gasteiger partial charge < -0.3 is 9.84 Å². The van der Waals surface area contributed by atoms with Crippen LogP contribution in [-0.2, 0) is 11.3 Å². The van der Waals surface area contributed by atoms with Crippen molar-refractivity contribution in [2.75, 3.05) is 18.4 Å². The summed E-state index contributed by atoms with van der Waals surface area (Å²) >= 11 is 12.2. The van der Waals surface area contributed by atoms with Gasteiger partial charge in [-0.25, -0.2) is 0 Å². The summed E-state index contributed by atoms with van der Waals surface area (Å²) in [5.74, 6) is 0.896. The standard InChI is InChI=1S/C23H24Cl2N4O2/c1-14-5-8-20(15(2)10-14)26-23(30)16-4-3-9-29(12-16)13-21-27-22(28-31-21)18-7-6-17(24)11-19(18)25/h5-8,10-11,16H,3-4,9,12-13H2,1-2H3,(H,26,30). The molecule has 8 heteroatoms. The molecule has 1 aliphatic rings. The van der Waals surface area contributed by atoms with Gasteiger partial charge in [0.2, 0.25) is 17.6 Å². The zero-order valence-corrected chi connectivity index (χ0v) is 19.0. The van der Waals surface area contributed by atoms with Crippen molar-refractivity contribution in [1.29, 1.82) is 0 Å². The van der Waals surface area contributed by atoms with Crippen LogP contribution in [0.25, 0.3) is 11.4 Å². The molecule has 3 aromatic rings. The minimum atomic E-state index is -0.0810. The lowest BCUT2D eigenvalue weighted by Crippen LogP contribution is -2.40. The molecule has 2 heterocycles. The molecule has 0 spiro atoms. The van der Waals surface area contributed by atoms with Crippen LogP contribution in [-0.4, -0.2) is 34.0 Å². The van der Waals surface area contributed by atoms with Gasteiger partial charge in [-0.2, -0.15) is 4.98 Å². The lowest BCUT2D eigenvalue weighted by Gasteiger charge is -2.31. The fourth-order valence-corrected chi connectivity index (χ4v) is 4.39. The summed E-state index contributed by atoms with van der Waals surface area (Å²) in [5, 5.41) is 8.16. The Balaban J connectivity index is 1.39. The molecule has 6 nitrogen and oxygen atoms in total. The number of aryl methyl sites for hydroxylation is 2. The van der Waals surface area contributed by atoms with Gasteiger partial charge >= 0.3 is 0 Å². The minimum absolute atomic E-state index is 0.0517. The Labute approximate surface area is 191 Å². The van der Waals surface area contributed by atoms with E-state index in [2.05, 4.69) is 26.4 Å². The lowest BCUT2D eigenvalue weighted by atomic mass is 9.96. The highest BCUT2D eigenvalue weighted by Crippen LogP contribution is 2.29. The predicted octanol–water partition coefficient (Wildman–Crippen LogP) is 5.51. The van der Waals surface area contributed by atoms with Crippen LogP contribution < -0.4 is 5.32 Å². The maximum Gasteiger partial charge on any atom is 0.241 e. The van der Waals surface area contributed by atoms with Crippen molar-refractivity contribution in [3.05, 3.63) is 63.5 Å². The molecular weight excluding hydrogens is 435 g/mol. The average molecular weight is 459 g/mol.